The van der Waals surface area contributed by atoms with Crippen molar-refractivity contribution in [2.24, 2.45) is 0 Å². The zero-order chi connectivity index (χ0) is 15.2. The molecule has 0 atom stereocenters. The van der Waals surface area contributed by atoms with Crippen molar-refractivity contribution in [3.8, 4) is 5.75 Å². The molecular formula is C15H17N3O3. The number of nitrogens with one attached hydrogen (secondary N) is 1. The standard InChI is InChI=1S/C15H17N3O3/c1-3-16-13-8-12(15(19)20)17-14(18-13)9-21-11-6-4-10(2)5-7-11/h4-8H,3,9H2,1-2H3,(H,19,20)(H,16,17,18). The predicted molar refractivity (Wildman–Crippen MR) is 78.7 cm³/mol. The van der Waals surface area contributed by atoms with Gasteiger partial charge in [0, 0.05) is 12.6 Å². The molecule has 21 heavy (non-hydrogen) atoms. The normalized spacial score (nSPS) is 10.2. The summed E-state index contributed by atoms with van der Waals surface area (Å²) in [5.74, 6) is 0.405. The summed E-state index contributed by atoms with van der Waals surface area (Å²) in [6.07, 6.45) is 0. The van der Waals surface area contributed by atoms with Crippen molar-refractivity contribution in [3.05, 3.63) is 47.4 Å². The lowest BCUT2D eigenvalue weighted by molar-refractivity contribution is 0.0689. The largest absolute Gasteiger partial charge is 0.486 e. The van der Waals surface area contributed by atoms with Gasteiger partial charge in [-0.1, -0.05) is 17.7 Å². The number of hydrogen-bond acceptors (Lipinski definition) is 5. The number of rotatable bonds is 6. The summed E-state index contributed by atoms with van der Waals surface area (Å²) in [7, 11) is 0. The molecule has 0 aliphatic rings. The second-order valence-corrected chi connectivity index (χ2v) is 4.49. The van der Waals surface area contributed by atoms with Crippen molar-refractivity contribution < 1.29 is 14.6 Å². The molecule has 2 aromatic rings. The van der Waals surface area contributed by atoms with Crippen LogP contribution in [0.25, 0.3) is 0 Å². The molecule has 0 spiro atoms. The molecule has 2 N–H and O–H groups in total. The van der Waals surface area contributed by atoms with Crippen molar-refractivity contribution in [1.29, 1.82) is 0 Å². The summed E-state index contributed by atoms with van der Waals surface area (Å²) in [5.41, 5.74) is 1.09. The van der Waals surface area contributed by atoms with Crippen molar-refractivity contribution in [3.63, 3.8) is 0 Å². The van der Waals surface area contributed by atoms with Gasteiger partial charge in [-0.3, -0.25) is 0 Å². The van der Waals surface area contributed by atoms with Gasteiger partial charge in [-0.15, -0.1) is 0 Å². The number of hydrogen-bond donors (Lipinski definition) is 2. The van der Waals surface area contributed by atoms with E-state index in [0.29, 0.717) is 23.9 Å². The van der Waals surface area contributed by atoms with Crippen LogP contribution >= 0.6 is 0 Å². The molecule has 0 radical (unpaired) electrons. The van der Waals surface area contributed by atoms with Crippen molar-refractivity contribution in [2.45, 2.75) is 20.5 Å². The summed E-state index contributed by atoms with van der Waals surface area (Å²) in [4.78, 5) is 19.3. The van der Waals surface area contributed by atoms with Gasteiger partial charge in [0.2, 0.25) is 0 Å². The van der Waals surface area contributed by atoms with Crippen LogP contribution in [0.15, 0.2) is 30.3 Å². The number of nitrogens with zero attached hydrogens (tertiary/aromatic N) is 2. The fourth-order valence-corrected chi connectivity index (χ4v) is 1.73. The minimum atomic E-state index is -1.09. The van der Waals surface area contributed by atoms with Crippen LogP contribution in [0.3, 0.4) is 0 Å². The van der Waals surface area contributed by atoms with E-state index in [1.807, 2.05) is 38.1 Å². The molecule has 0 bridgehead atoms. The number of aromatic nitrogens is 2. The highest BCUT2D eigenvalue weighted by atomic mass is 16.5. The Morgan fingerprint density at radius 1 is 1.29 bits per heavy atom. The van der Waals surface area contributed by atoms with Crippen molar-refractivity contribution in [1.82, 2.24) is 9.97 Å². The Hall–Kier alpha value is -2.63. The summed E-state index contributed by atoms with van der Waals surface area (Å²) in [6.45, 7) is 4.66. The maximum absolute atomic E-state index is 11.1. The summed E-state index contributed by atoms with van der Waals surface area (Å²) >= 11 is 0. The number of aromatic carboxylic acids is 1. The van der Waals surface area contributed by atoms with E-state index < -0.39 is 5.97 Å². The van der Waals surface area contributed by atoms with E-state index in [9.17, 15) is 4.79 Å². The van der Waals surface area contributed by atoms with E-state index in [2.05, 4.69) is 15.3 Å². The smallest absolute Gasteiger partial charge is 0.354 e. The highest BCUT2D eigenvalue weighted by Crippen LogP contribution is 2.14. The van der Waals surface area contributed by atoms with Gasteiger partial charge < -0.3 is 15.2 Å². The van der Waals surface area contributed by atoms with Crippen LogP contribution in [-0.4, -0.2) is 27.6 Å². The van der Waals surface area contributed by atoms with Crippen LogP contribution in [0.1, 0.15) is 28.8 Å². The molecule has 1 aromatic heterocycles. The van der Waals surface area contributed by atoms with Crippen molar-refractivity contribution >= 4 is 11.8 Å². The maximum Gasteiger partial charge on any atom is 0.354 e. The molecule has 6 nitrogen and oxygen atoms in total. The van der Waals surface area contributed by atoms with E-state index in [1.165, 1.54) is 6.07 Å². The van der Waals surface area contributed by atoms with Crippen LogP contribution in [0.5, 0.6) is 5.75 Å². The van der Waals surface area contributed by atoms with Gasteiger partial charge in [-0.05, 0) is 26.0 Å². The van der Waals surface area contributed by atoms with Gasteiger partial charge in [0.05, 0.1) is 0 Å². The predicted octanol–water partition coefficient (Wildman–Crippen LogP) is 2.49. The number of ether oxygens (including phenoxy) is 1. The molecule has 0 aliphatic carbocycles. The summed E-state index contributed by atoms with van der Waals surface area (Å²) in [5, 5.41) is 12.0. The number of anilines is 1. The third-order valence-electron chi connectivity index (χ3n) is 2.74. The van der Waals surface area contributed by atoms with Gasteiger partial charge >= 0.3 is 5.97 Å². The average Bonchev–Trinajstić information content (AvgIpc) is 2.47. The molecule has 0 saturated heterocycles. The molecule has 0 fully saturated rings. The van der Waals surface area contributed by atoms with E-state index in [1.54, 1.807) is 0 Å². The Balaban J connectivity index is 2.14. The summed E-state index contributed by atoms with van der Waals surface area (Å²) in [6, 6.07) is 8.98. The molecular weight excluding hydrogens is 270 g/mol. The zero-order valence-corrected chi connectivity index (χ0v) is 12.0. The second-order valence-electron chi connectivity index (χ2n) is 4.49. The Bertz CT molecular complexity index is 627. The molecule has 110 valence electrons. The third kappa shape index (κ3) is 4.17. The topological polar surface area (TPSA) is 84.3 Å². The molecule has 6 heteroatoms. The van der Waals surface area contributed by atoms with Gasteiger partial charge in [-0.25, -0.2) is 14.8 Å². The van der Waals surface area contributed by atoms with E-state index in [0.717, 1.165) is 5.56 Å². The number of aryl methyl sites for hydroxylation is 1. The Morgan fingerprint density at radius 2 is 2.00 bits per heavy atom. The Kier molecular flexibility index (Phi) is 4.71. The first kappa shape index (κ1) is 14.8. The monoisotopic (exact) mass is 287 g/mol. The highest BCUT2D eigenvalue weighted by Gasteiger charge is 2.10. The third-order valence-corrected chi connectivity index (χ3v) is 2.74. The number of carbonyl (C=O) groups is 1. The van der Waals surface area contributed by atoms with E-state index in [-0.39, 0.29) is 12.3 Å². The number of carboxylic acids is 1. The molecule has 0 unspecified atom stereocenters. The van der Waals surface area contributed by atoms with Gasteiger partial charge in [0.15, 0.2) is 11.5 Å². The van der Waals surface area contributed by atoms with Crippen LogP contribution in [-0.2, 0) is 6.61 Å². The zero-order valence-electron chi connectivity index (χ0n) is 12.0. The van der Waals surface area contributed by atoms with Crippen LogP contribution in [0, 0.1) is 6.92 Å². The average molecular weight is 287 g/mol. The Morgan fingerprint density at radius 3 is 2.62 bits per heavy atom. The first-order valence-corrected chi connectivity index (χ1v) is 6.63. The highest BCUT2D eigenvalue weighted by molar-refractivity contribution is 5.86. The second kappa shape index (κ2) is 6.69. The van der Waals surface area contributed by atoms with Crippen LogP contribution in [0.2, 0.25) is 0 Å². The van der Waals surface area contributed by atoms with Gasteiger partial charge in [-0.2, -0.15) is 0 Å². The van der Waals surface area contributed by atoms with Crippen LogP contribution < -0.4 is 10.1 Å². The fourth-order valence-electron chi connectivity index (χ4n) is 1.73. The maximum atomic E-state index is 11.1. The minimum absolute atomic E-state index is 0.0524. The van der Waals surface area contributed by atoms with Gasteiger partial charge in [0.25, 0.3) is 0 Å². The molecule has 1 aromatic carbocycles. The number of benzene rings is 1. The number of carboxylic acid groups (broad SMARTS) is 1. The lowest BCUT2D eigenvalue weighted by Crippen LogP contribution is -2.11. The van der Waals surface area contributed by atoms with Crippen molar-refractivity contribution in [2.75, 3.05) is 11.9 Å². The summed E-state index contributed by atoms with van der Waals surface area (Å²) < 4.78 is 5.57. The fraction of sp³-hybridized carbons (Fsp3) is 0.267. The lowest BCUT2D eigenvalue weighted by atomic mass is 10.2. The first-order valence-electron chi connectivity index (χ1n) is 6.63. The molecule has 0 aliphatic heterocycles. The van der Waals surface area contributed by atoms with E-state index >= 15 is 0 Å². The minimum Gasteiger partial charge on any atom is -0.486 e. The van der Waals surface area contributed by atoms with E-state index in [4.69, 9.17) is 9.84 Å². The first-order chi connectivity index (χ1) is 10.1. The molecule has 0 saturated carbocycles. The lowest BCUT2D eigenvalue weighted by Gasteiger charge is -2.08. The van der Waals surface area contributed by atoms with Gasteiger partial charge in [0.1, 0.15) is 18.2 Å². The molecule has 0 amide bonds. The van der Waals surface area contributed by atoms with Crippen LogP contribution in [0.4, 0.5) is 5.82 Å². The SMILES string of the molecule is CCNc1cc(C(=O)O)nc(COc2ccc(C)cc2)n1. The quantitative estimate of drug-likeness (QED) is 0.849. The molecule has 1 heterocycles. The Labute approximate surface area is 122 Å². The molecule has 2 rings (SSSR count).